The van der Waals surface area contributed by atoms with Gasteiger partial charge in [-0.3, -0.25) is 19.2 Å². The SMILES string of the molecule is CC(=O)c1ccc(O)c2c(O)c3c(cc12)C[C@H]1[C@H](N)C(=O)C(C(N)=O)C(O)[C@@]1(O)C3=O. The maximum absolute atomic E-state index is 13.4. The highest BCUT2D eigenvalue weighted by Crippen LogP contribution is 2.48. The molecule has 0 aliphatic heterocycles. The predicted molar refractivity (Wildman–Crippen MR) is 105 cm³/mol. The van der Waals surface area contributed by atoms with Gasteiger partial charge in [0.05, 0.1) is 17.0 Å². The number of carbonyl (C=O) groups is 4. The topological polar surface area (TPSA) is 201 Å². The van der Waals surface area contributed by atoms with Gasteiger partial charge in [-0.1, -0.05) is 0 Å². The Hall–Kier alpha value is -3.34. The number of Topliss-reactive ketones (excluding diaryl/α,β-unsaturated/α-hetero) is 3. The number of benzene rings is 2. The first-order chi connectivity index (χ1) is 14.4. The molecule has 5 atom stereocenters. The molecule has 1 fully saturated rings. The maximum Gasteiger partial charge on any atom is 0.230 e. The molecule has 0 bridgehead atoms. The Kier molecular flexibility index (Phi) is 4.44. The summed E-state index contributed by atoms with van der Waals surface area (Å²) in [6, 6.07) is 2.46. The summed E-state index contributed by atoms with van der Waals surface area (Å²) in [4.78, 5) is 49.6. The first-order valence-electron chi connectivity index (χ1n) is 9.48. The van der Waals surface area contributed by atoms with Crippen molar-refractivity contribution in [2.45, 2.75) is 31.1 Å². The monoisotopic (exact) mass is 428 g/mol. The van der Waals surface area contributed by atoms with Crippen LogP contribution in [0.4, 0.5) is 0 Å². The van der Waals surface area contributed by atoms with E-state index >= 15 is 0 Å². The van der Waals surface area contributed by atoms with Crippen molar-refractivity contribution in [3.05, 3.63) is 34.9 Å². The third-order valence-corrected chi connectivity index (χ3v) is 6.45. The van der Waals surface area contributed by atoms with Crippen LogP contribution in [0.25, 0.3) is 10.8 Å². The third-order valence-electron chi connectivity index (χ3n) is 6.45. The molecule has 162 valence electrons. The molecule has 0 heterocycles. The van der Waals surface area contributed by atoms with Crippen LogP contribution < -0.4 is 11.5 Å². The minimum absolute atomic E-state index is 0.172. The van der Waals surface area contributed by atoms with Gasteiger partial charge < -0.3 is 31.9 Å². The van der Waals surface area contributed by atoms with Crippen molar-refractivity contribution in [1.82, 2.24) is 0 Å². The number of fused-ring (bicyclic) bond motifs is 3. The number of primary amides is 1. The van der Waals surface area contributed by atoms with Gasteiger partial charge in [-0.15, -0.1) is 0 Å². The Morgan fingerprint density at radius 1 is 1.19 bits per heavy atom. The summed E-state index contributed by atoms with van der Waals surface area (Å²) >= 11 is 0. The van der Waals surface area contributed by atoms with E-state index in [1.54, 1.807) is 0 Å². The highest BCUT2D eigenvalue weighted by atomic mass is 16.4. The molecule has 2 aromatic rings. The second-order valence-corrected chi connectivity index (χ2v) is 8.09. The van der Waals surface area contributed by atoms with E-state index in [4.69, 9.17) is 11.5 Å². The van der Waals surface area contributed by atoms with E-state index in [0.717, 1.165) is 0 Å². The zero-order valence-electron chi connectivity index (χ0n) is 16.3. The van der Waals surface area contributed by atoms with Crippen molar-refractivity contribution in [1.29, 1.82) is 0 Å². The fourth-order valence-electron chi connectivity index (χ4n) is 4.88. The number of rotatable bonds is 2. The van der Waals surface area contributed by atoms with Gasteiger partial charge in [-0.2, -0.15) is 0 Å². The molecule has 10 heteroatoms. The molecule has 8 N–H and O–H groups in total. The highest BCUT2D eigenvalue weighted by molar-refractivity contribution is 6.18. The number of ketones is 3. The number of phenolic OH excluding ortho intramolecular Hbond substituents is 2. The number of nitrogens with two attached hydrogens (primary N) is 2. The molecule has 31 heavy (non-hydrogen) atoms. The summed E-state index contributed by atoms with van der Waals surface area (Å²) in [5, 5.41) is 43.0. The molecular weight excluding hydrogens is 408 g/mol. The average molecular weight is 428 g/mol. The first-order valence-corrected chi connectivity index (χ1v) is 9.48. The van der Waals surface area contributed by atoms with E-state index in [-0.39, 0.29) is 34.1 Å². The number of hydrogen-bond donors (Lipinski definition) is 6. The van der Waals surface area contributed by atoms with Crippen molar-refractivity contribution >= 4 is 34.0 Å². The third kappa shape index (κ3) is 2.55. The van der Waals surface area contributed by atoms with Crippen LogP contribution in [0, 0.1) is 11.8 Å². The van der Waals surface area contributed by atoms with Gasteiger partial charge >= 0.3 is 0 Å². The van der Waals surface area contributed by atoms with Crippen LogP contribution in [-0.2, 0) is 16.0 Å². The average Bonchev–Trinajstić information content (AvgIpc) is 2.68. The normalized spacial score (nSPS) is 30.1. The number of hydrogen-bond acceptors (Lipinski definition) is 9. The van der Waals surface area contributed by atoms with Crippen LogP contribution >= 0.6 is 0 Å². The second-order valence-electron chi connectivity index (χ2n) is 8.09. The van der Waals surface area contributed by atoms with E-state index in [1.807, 2.05) is 0 Å². The molecule has 2 aliphatic carbocycles. The summed E-state index contributed by atoms with van der Waals surface area (Å²) in [7, 11) is 0. The van der Waals surface area contributed by atoms with Crippen molar-refractivity contribution < 1.29 is 39.6 Å². The highest BCUT2D eigenvalue weighted by Gasteiger charge is 2.64. The van der Waals surface area contributed by atoms with E-state index in [2.05, 4.69) is 0 Å². The van der Waals surface area contributed by atoms with E-state index in [1.165, 1.54) is 25.1 Å². The fraction of sp³-hybridized carbons (Fsp3) is 0.333. The molecule has 2 aliphatic rings. The summed E-state index contributed by atoms with van der Waals surface area (Å²) < 4.78 is 0. The summed E-state index contributed by atoms with van der Waals surface area (Å²) in [5.74, 6) is -7.98. The lowest BCUT2D eigenvalue weighted by molar-refractivity contribution is -0.166. The molecule has 0 aromatic heterocycles. The maximum atomic E-state index is 13.4. The summed E-state index contributed by atoms with van der Waals surface area (Å²) in [6.45, 7) is 1.29. The van der Waals surface area contributed by atoms with Gasteiger partial charge in [0.25, 0.3) is 0 Å². The molecule has 0 saturated heterocycles. The van der Waals surface area contributed by atoms with E-state index in [0.29, 0.717) is 0 Å². The first kappa shape index (κ1) is 20.9. The number of aromatic hydroxyl groups is 2. The van der Waals surface area contributed by atoms with E-state index in [9.17, 15) is 39.6 Å². The lowest BCUT2D eigenvalue weighted by Gasteiger charge is -2.49. The van der Waals surface area contributed by atoms with Crippen molar-refractivity contribution in [3.8, 4) is 11.5 Å². The van der Waals surface area contributed by atoms with Crippen LogP contribution in [0.1, 0.15) is 33.2 Å². The molecule has 1 saturated carbocycles. The van der Waals surface area contributed by atoms with Gasteiger partial charge in [0.1, 0.15) is 23.5 Å². The summed E-state index contributed by atoms with van der Waals surface area (Å²) in [6.07, 6.45) is -2.39. The molecular formula is C21H20N2O8. The van der Waals surface area contributed by atoms with Gasteiger partial charge in [0, 0.05) is 16.9 Å². The molecule has 10 nitrogen and oxygen atoms in total. The Morgan fingerprint density at radius 2 is 1.84 bits per heavy atom. The number of aliphatic hydroxyl groups excluding tert-OH is 1. The number of aliphatic hydroxyl groups is 2. The zero-order chi connectivity index (χ0) is 23.0. The van der Waals surface area contributed by atoms with Gasteiger partial charge in [0.2, 0.25) is 11.7 Å². The molecule has 0 radical (unpaired) electrons. The zero-order valence-corrected chi connectivity index (χ0v) is 16.3. The van der Waals surface area contributed by atoms with Gasteiger partial charge in [0.15, 0.2) is 17.2 Å². The molecule has 1 amide bonds. The predicted octanol–water partition coefficient (Wildman–Crippen LogP) is -1.09. The second kappa shape index (κ2) is 6.58. The van der Waals surface area contributed by atoms with Crippen LogP contribution in [0.3, 0.4) is 0 Å². The lowest BCUT2D eigenvalue weighted by Crippen LogP contribution is -2.73. The molecule has 2 unspecified atom stereocenters. The van der Waals surface area contributed by atoms with Crippen LogP contribution in [-0.4, -0.2) is 61.4 Å². The van der Waals surface area contributed by atoms with Crippen molar-refractivity contribution in [2.24, 2.45) is 23.3 Å². The number of amides is 1. The molecule has 4 rings (SSSR count). The number of carbonyl (C=O) groups excluding carboxylic acids is 4. The largest absolute Gasteiger partial charge is 0.507 e. The Bertz CT molecular complexity index is 1210. The Morgan fingerprint density at radius 3 is 2.42 bits per heavy atom. The molecule has 2 aromatic carbocycles. The lowest BCUT2D eigenvalue weighted by atomic mass is 9.58. The minimum Gasteiger partial charge on any atom is -0.507 e. The van der Waals surface area contributed by atoms with Crippen molar-refractivity contribution in [3.63, 3.8) is 0 Å². The molecule has 0 spiro atoms. The quantitative estimate of drug-likeness (QED) is 0.254. The smallest absolute Gasteiger partial charge is 0.230 e. The van der Waals surface area contributed by atoms with Crippen LogP contribution in [0.15, 0.2) is 18.2 Å². The van der Waals surface area contributed by atoms with E-state index < -0.39 is 64.1 Å². The summed E-state index contributed by atoms with van der Waals surface area (Å²) in [5.41, 5.74) is 8.42. The standard InChI is InChI=1S/C21H20N2O8/c1-6(24)8-2-3-11(25)13-9(8)4-7-5-10-15(22)17(27)14(20(23)30)19(29)21(10,31)18(28)12(7)16(13)26/h2-4,10,14-15,19,25-26,29,31H,5,22H2,1H3,(H2,23,30)/t10-,14?,15-,19?,21-/m0/s1. The Balaban J connectivity index is 2.02. The Labute approximate surface area is 175 Å². The van der Waals surface area contributed by atoms with Gasteiger partial charge in [-0.25, -0.2) is 0 Å². The fourth-order valence-corrected chi connectivity index (χ4v) is 4.88. The minimum atomic E-state index is -2.67. The van der Waals surface area contributed by atoms with Crippen molar-refractivity contribution in [2.75, 3.05) is 0 Å². The van der Waals surface area contributed by atoms with Crippen LogP contribution in [0.2, 0.25) is 0 Å². The van der Waals surface area contributed by atoms with Crippen LogP contribution in [0.5, 0.6) is 11.5 Å². The number of phenols is 2. The van der Waals surface area contributed by atoms with Gasteiger partial charge in [-0.05, 0) is 37.1 Å².